The van der Waals surface area contributed by atoms with Crippen LogP contribution in [-0.4, -0.2) is 16.9 Å². The van der Waals surface area contributed by atoms with Gasteiger partial charge in [0, 0.05) is 0 Å². The van der Waals surface area contributed by atoms with Gasteiger partial charge >= 0.3 is 5.97 Å². The first-order chi connectivity index (χ1) is 8.16. The van der Waals surface area contributed by atoms with E-state index in [1.807, 2.05) is 36.4 Å². The first-order valence-electron chi connectivity index (χ1n) is 5.38. The molecule has 0 heterocycles. The Balaban J connectivity index is 2.30. The molecule has 2 rings (SSSR count). The van der Waals surface area contributed by atoms with Crippen LogP contribution in [0.3, 0.4) is 0 Å². The summed E-state index contributed by atoms with van der Waals surface area (Å²) in [5, 5.41) is 8.54. The van der Waals surface area contributed by atoms with Crippen LogP contribution in [0, 0.1) is 0 Å². The van der Waals surface area contributed by atoms with E-state index in [4.69, 9.17) is 5.11 Å². The number of hydrogen-bond donors (Lipinski definition) is 1. The summed E-state index contributed by atoms with van der Waals surface area (Å²) in [7, 11) is 0. The van der Waals surface area contributed by atoms with Crippen molar-refractivity contribution in [3.63, 3.8) is 0 Å². The van der Waals surface area contributed by atoms with Gasteiger partial charge in [0.2, 0.25) is 0 Å². The van der Waals surface area contributed by atoms with Crippen molar-refractivity contribution in [2.24, 2.45) is 0 Å². The molecule has 0 aliphatic heterocycles. The summed E-state index contributed by atoms with van der Waals surface area (Å²) in [5.74, 6) is -1.48. The topological polar surface area (TPSA) is 54.4 Å². The minimum absolute atomic E-state index is 0.381. The Morgan fingerprint density at radius 1 is 1.29 bits per heavy atom. The van der Waals surface area contributed by atoms with Crippen molar-refractivity contribution in [2.45, 2.75) is 12.8 Å². The molecular formula is C14H12O3. The molecule has 0 fully saturated rings. The number of carbonyl (C=O) groups excluding carboxylic acids is 1. The van der Waals surface area contributed by atoms with E-state index >= 15 is 0 Å². The van der Waals surface area contributed by atoms with E-state index in [1.165, 1.54) is 6.08 Å². The molecule has 3 nitrogen and oxygen atoms in total. The molecule has 1 aliphatic rings. The summed E-state index contributed by atoms with van der Waals surface area (Å²) in [5.41, 5.74) is 2.95. The third-order valence-electron chi connectivity index (χ3n) is 2.61. The molecule has 17 heavy (non-hydrogen) atoms. The molecular weight excluding hydrogens is 216 g/mol. The summed E-state index contributed by atoms with van der Waals surface area (Å²) in [6.07, 6.45) is 5.63. The number of aliphatic carboxylic acids is 1. The third kappa shape index (κ3) is 2.69. The summed E-state index contributed by atoms with van der Waals surface area (Å²) in [4.78, 5) is 21.9. The number of ketones is 1. The first kappa shape index (κ1) is 11.3. The molecule has 0 saturated heterocycles. The summed E-state index contributed by atoms with van der Waals surface area (Å²) in [6, 6.07) is 7.81. The highest BCUT2D eigenvalue weighted by Crippen LogP contribution is 2.25. The van der Waals surface area contributed by atoms with Gasteiger partial charge in [-0.15, -0.1) is 0 Å². The predicted octanol–water partition coefficient (Wildman–Crippen LogP) is 2.23. The normalized spacial score (nSPS) is 15.6. The fourth-order valence-corrected chi connectivity index (χ4v) is 1.88. The van der Waals surface area contributed by atoms with Crippen LogP contribution in [0.5, 0.6) is 0 Å². The molecule has 0 amide bonds. The lowest BCUT2D eigenvalue weighted by Gasteiger charge is -2.13. The van der Waals surface area contributed by atoms with Gasteiger partial charge in [0.25, 0.3) is 0 Å². The SMILES string of the molecule is O=C(O)CC(=O)C=C1C=CCc2ccccc21. The Kier molecular flexibility index (Phi) is 3.19. The van der Waals surface area contributed by atoms with Crippen LogP contribution in [0.2, 0.25) is 0 Å². The fourth-order valence-electron chi connectivity index (χ4n) is 1.88. The fraction of sp³-hybridized carbons (Fsp3) is 0.143. The van der Waals surface area contributed by atoms with Gasteiger partial charge in [-0.05, 0) is 29.2 Å². The number of carboxylic acids is 1. The minimum atomic E-state index is -1.10. The van der Waals surface area contributed by atoms with Crippen molar-refractivity contribution < 1.29 is 14.7 Å². The van der Waals surface area contributed by atoms with Crippen LogP contribution in [0.1, 0.15) is 17.5 Å². The van der Waals surface area contributed by atoms with Gasteiger partial charge in [-0.3, -0.25) is 9.59 Å². The van der Waals surface area contributed by atoms with Crippen molar-refractivity contribution in [3.05, 3.63) is 53.6 Å². The number of carboxylic acid groups (broad SMARTS) is 1. The smallest absolute Gasteiger partial charge is 0.311 e. The Morgan fingerprint density at radius 2 is 2.06 bits per heavy atom. The summed E-state index contributed by atoms with van der Waals surface area (Å²) in [6.45, 7) is 0. The molecule has 0 aromatic heterocycles. The van der Waals surface area contributed by atoms with Crippen molar-refractivity contribution >= 4 is 17.3 Å². The van der Waals surface area contributed by atoms with Crippen molar-refractivity contribution in [2.75, 3.05) is 0 Å². The second kappa shape index (κ2) is 4.78. The van der Waals surface area contributed by atoms with Crippen LogP contribution in [0.4, 0.5) is 0 Å². The van der Waals surface area contributed by atoms with E-state index < -0.39 is 12.4 Å². The number of hydrogen-bond acceptors (Lipinski definition) is 2. The highest BCUT2D eigenvalue weighted by Gasteiger charge is 2.11. The summed E-state index contributed by atoms with van der Waals surface area (Å²) >= 11 is 0. The zero-order chi connectivity index (χ0) is 12.3. The van der Waals surface area contributed by atoms with Gasteiger partial charge in [0.15, 0.2) is 5.78 Å². The highest BCUT2D eigenvalue weighted by atomic mass is 16.4. The average molecular weight is 228 g/mol. The number of benzene rings is 1. The standard InChI is InChI=1S/C14H12O3/c15-12(9-14(16)17)8-11-6-3-5-10-4-1-2-7-13(10)11/h1-4,6-8H,5,9H2,(H,16,17). The molecule has 0 bridgehead atoms. The molecule has 3 heteroatoms. The van der Waals surface area contributed by atoms with Crippen LogP contribution in [0.25, 0.3) is 5.57 Å². The monoisotopic (exact) mass is 228 g/mol. The predicted molar refractivity (Wildman–Crippen MR) is 64.5 cm³/mol. The molecule has 1 aliphatic carbocycles. The maximum atomic E-state index is 11.4. The third-order valence-corrected chi connectivity index (χ3v) is 2.61. The quantitative estimate of drug-likeness (QED) is 0.637. The zero-order valence-corrected chi connectivity index (χ0v) is 9.22. The molecule has 0 saturated carbocycles. The van der Waals surface area contributed by atoms with Gasteiger partial charge in [0.05, 0.1) is 0 Å². The zero-order valence-electron chi connectivity index (χ0n) is 9.22. The van der Waals surface area contributed by atoms with Crippen LogP contribution in [-0.2, 0) is 16.0 Å². The molecule has 0 spiro atoms. The molecule has 1 aromatic rings. The maximum Gasteiger partial charge on any atom is 0.311 e. The second-order valence-electron chi connectivity index (χ2n) is 3.90. The number of rotatable bonds is 3. The molecule has 1 aromatic carbocycles. The number of carbonyl (C=O) groups is 2. The highest BCUT2D eigenvalue weighted by molar-refractivity contribution is 6.06. The van der Waals surface area contributed by atoms with E-state index in [0.717, 1.165) is 23.1 Å². The van der Waals surface area contributed by atoms with Crippen LogP contribution < -0.4 is 0 Å². The van der Waals surface area contributed by atoms with E-state index in [1.54, 1.807) is 0 Å². The van der Waals surface area contributed by atoms with Gasteiger partial charge in [-0.1, -0.05) is 36.4 Å². The molecule has 1 N–H and O–H groups in total. The van der Waals surface area contributed by atoms with Gasteiger partial charge in [0.1, 0.15) is 6.42 Å². The molecule has 86 valence electrons. The number of fused-ring (bicyclic) bond motifs is 1. The molecule has 0 radical (unpaired) electrons. The lowest BCUT2D eigenvalue weighted by Crippen LogP contribution is -2.05. The maximum absolute atomic E-state index is 11.4. The van der Waals surface area contributed by atoms with Crippen molar-refractivity contribution in [1.29, 1.82) is 0 Å². The largest absolute Gasteiger partial charge is 0.481 e. The van der Waals surface area contributed by atoms with Gasteiger partial charge in [-0.2, -0.15) is 0 Å². The lowest BCUT2D eigenvalue weighted by molar-refractivity contribution is -0.139. The van der Waals surface area contributed by atoms with Crippen LogP contribution in [0.15, 0.2) is 42.5 Å². The summed E-state index contributed by atoms with van der Waals surface area (Å²) < 4.78 is 0. The Hall–Kier alpha value is -2.16. The Bertz CT molecular complexity index is 524. The average Bonchev–Trinajstić information content (AvgIpc) is 2.28. The van der Waals surface area contributed by atoms with E-state index in [-0.39, 0.29) is 5.78 Å². The van der Waals surface area contributed by atoms with Crippen molar-refractivity contribution in [1.82, 2.24) is 0 Å². The Labute approximate surface area is 99.1 Å². The lowest BCUT2D eigenvalue weighted by atomic mass is 9.92. The Morgan fingerprint density at radius 3 is 2.82 bits per heavy atom. The van der Waals surface area contributed by atoms with Gasteiger partial charge in [-0.25, -0.2) is 0 Å². The molecule has 0 unspecified atom stereocenters. The van der Waals surface area contributed by atoms with Gasteiger partial charge < -0.3 is 5.11 Å². The van der Waals surface area contributed by atoms with E-state index in [9.17, 15) is 9.59 Å². The minimum Gasteiger partial charge on any atom is -0.481 e. The number of allylic oxidation sites excluding steroid dienone is 4. The molecule has 0 atom stereocenters. The second-order valence-corrected chi connectivity index (χ2v) is 3.90. The van der Waals surface area contributed by atoms with E-state index in [0.29, 0.717) is 0 Å². The van der Waals surface area contributed by atoms with Crippen molar-refractivity contribution in [3.8, 4) is 0 Å². The van der Waals surface area contributed by atoms with Crippen LogP contribution >= 0.6 is 0 Å². The van der Waals surface area contributed by atoms with E-state index in [2.05, 4.69) is 0 Å². The first-order valence-corrected chi connectivity index (χ1v) is 5.38.